The lowest BCUT2D eigenvalue weighted by Crippen LogP contribution is -2.36. The van der Waals surface area contributed by atoms with Gasteiger partial charge >= 0.3 is 0 Å². The van der Waals surface area contributed by atoms with Gasteiger partial charge in [-0.05, 0) is 61.6 Å². The minimum Gasteiger partial charge on any atom is -0.455 e. The molecule has 0 bridgehead atoms. The van der Waals surface area contributed by atoms with E-state index in [-0.39, 0.29) is 11.8 Å². The molecule has 0 saturated carbocycles. The topological polar surface area (TPSA) is 74.9 Å². The maximum atomic E-state index is 13.4. The number of aryl methyl sites for hydroxylation is 1. The van der Waals surface area contributed by atoms with Crippen LogP contribution in [0.25, 0.3) is 0 Å². The van der Waals surface area contributed by atoms with E-state index in [4.69, 9.17) is 4.42 Å². The number of fused-ring (bicyclic) bond motifs is 2. The SMILES string of the molecule is Cc1c(C(=O)N2CCc3ccccc3C2)oc2c1/C(=N/NC(=O)c1ccc(Br)cc1)CCC2. The van der Waals surface area contributed by atoms with Crippen LogP contribution in [0, 0.1) is 6.92 Å². The number of nitrogens with zero attached hydrogens (tertiary/aromatic N) is 2. The predicted octanol–water partition coefficient (Wildman–Crippen LogP) is 5.02. The van der Waals surface area contributed by atoms with Crippen LogP contribution in [0.2, 0.25) is 0 Å². The average molecular weight is 506 g/mol. The Kier molecular flexibility index (Phi) is 5.89. The van der Waals surface area contributed by atoms with Gasteiger partial charge in [-0.15, -0.1) is 0 Å². The second-order valence-corrected chi connectivity index (χ2v) is 9.38. The van der Waals surface area contributed by atoms with Gasteiger partial charge in [0.15, 0.2) is 5.76 Å². The van der Waals surface area contributed by atoms with Crippen molar-refractivity contribution >= 4 is 33.5 Å². The summed E-state index contributed by atoms with van der Waals surface area (Å²) in [4.78, 5) is 27.7. The third kappa shape index (κ3) is 4.25. The van der Waals surface area contributed by atoms with Gasteiger partial charge in [-0.2, -0.15) is 5.10 Å². The Bertz CT molecular complexity index is 1260. The molecule has 2 heterocycles. The van der Waals surface area contributed by atoms with Crippen molar-refractivity contribution in [1.82, 2.24) is 10.3 Å². The lowest BCUT2D eigenvalue weighted by molar-refractivity contribution is 0.0699. The highest BCUT2D eigenvalue weighted by atomic mass is 79.9. The van der Waals surface area contributed by atoms with E-state index in [1.807, 2.05) is 36.1 Å². The summed E-state index contributed by atoms with van der Waals surface area (Å²) in [5, 5.41) is 4.42. The van der Waals surface area contributed by atoms with Crippen LogP contribution in [0.15, 0.2) is 62.5 Å². The number of hydrogen-bond acceptors (Lipinski definition) is 4. The van der Waals surface area contributed by atoms with Crippen molar-refractivity contribution < 1.29 is 14.0 Å². The molecule has 2 aromatic carbocycles. The van der Waals surface area contributed by atoms with Crippen molar-refractivity contribution in [2.24, 2.45) is 5.10 Å². The van der Waals surface area contributed by atoms with Crippen LogP contribution in [0.3, 0.4) is 0 Å². The molecule has 2 aliphatic rings. The molecule has 0 spiro atoms. The van der Waals surface area contributed by atoms with Crippen LogP contribution in [-0.4, -0.2) is 29.0 Å². The highest BCUT2D eigenvalue weighted by Gasteiger charge is 2.31. The lowest BCUT2D eigenvalue weighted by atomic mass is 9.93. The highest BCUT2D eigenvalue weighted by molar-refractivity contribution is 9.10. The van der Waals surface area contributed by atoms with E-state index >= 15 is 0 Å². The second kappa shape index (κ2) is 8.98. The number of hydrazone groups is 1. The predicted molar refractivity (Wildman–Crippen MR) is 129 cm³/mol. The van der Waals surface area contributed by atoms with Gasteiger partial charge in [0.05, 0.1) is 5.71 Å². The number of benzene rings is 2. The Labute approximate surface area is 200 Å². The molecule has 1 aliphatic heterocycles. The van der Waals surface area contributed by atoms with Crippen LogP contribution in [0.5, 0.6) is 0 Å². The molecule has 5 rings (SSSR count). The largest absolute Gasteiger partial charge is 0.455 e. The van der Waals surface area contributed by atoms with E-state index in [0.29, 0.717) is 24.4 Å². The van der Waals surface area contributed by atoms with Gasteiger partial charge in [-0.25, -0.2) is 5.43 Å². The van der Waals surface area contributed by atoms with Crippen LogP contribution in [-0.2, 0) is 19.4 Å². The molecular weight excluding hydrogens is 482 g/mol. The van der Waals surface area contributed by atoms with Crippen molar-refractivity contribution in [2.45, 2.75) is 39.2 Å². The first-order valence-corrected chi connectivity index (χ1v) is 11.9. The molecule has 0 radical (unpaired) electrons. The molecule has 0 atom stereocenters. The summed E-state index contributed by atoms with van der Waals surface area (Å²) in [6.07, 6.45) is 3.18. The van der Waals surface area contributed by atoms with Gasteiger partial charge in [0, 0.05) is 40.7 Å². The number of carbonyl (C=O) groups excluding carboxylic acids is 2. The summed E-state index contributed by atoms with van der Waals surface area (Å²) in [5.74, 6) is 0.797. The van der Waals surface area contributed by atoms with Crippen molar-refractivity contribution in [1.29, 1.82) is 0 Å². The molecule has 0 saturated heterocycles. The van der Waals surface area contributed by atoms with Gasteiger partial charge in [-0.1, -0.05) is 40.2 Å². The number of amides is 2. The Balaban J connectivity index is 1.38. The third-order valence-corrected chi connectivity index (χ3v) is 6.87. The Morgan fingerprint density at radius 1 is 1.03 bits per heavy atom. The van der Waals surface area contributed by atoms with Crippen LogP contribution in [0.4, 0.5) is 0 Å². The van der Waals surface area contributed by atoms with Crippen LogP contribution < -0.4 is 5.43 Å². The summed E-state index contributed by atoms with van der Waals surface area (Å²) in [5.41, 5.74) is 8.09. The van der Waals surface area contributed by atoms with Crippen molar-refractivity contribution in [3.8, 4) is 0 Å². The quantitative estimate of drug-likeness (QED) is 0.507. The molecular formula is C26H24BrN3O3. The smallest absolute Gasteiger partial charge is 0.290 e. The average Bonchev–Trinajstić information content (AvgIpc) is 3.19. The minimum absolute atomic E-state index is 0.0883. The van der Waals surface area contributed by atoms with E-state index in [0.717, 1.165) is 52.8 Å². The van der Waals surface area contributed by atoms with Gasteiger partial charge in [0.25, 0.3) is 11.8 Å². The molecule has 168 valence electrons. The molecule has 0 unspecified atom stereocenters. The molecule has 0 fully saturated rings. The lowest BCUT2D eigenvalue weighted by Gasteiger charge is -2.28. The molecule has 1 aromatic heterocycles. The number of carbonyl (C=O) groups is 2. The van der Waals surface area contributed by atoms with E-state index in [2.05, 4.69) is 38.6 Å². The fourth-order valence-corrected chi connectivity index (χ4v) is 4.85. The van der Waals surface area contributed by atoms with Gasteiger partial charge in [0.1, 0.15) is 5.76 Å². The maximum Gasteiger partial charge on any atom is 0.290 e. The first kappa shape index (κ1) is 21.6. The molecule has 33 heavy (non-hydrogen) atoms. The summed E-state index contributed by atoms with van der Waals surface area (Å²) in [7, 11) is 0. The Morgan fingerprint density at radius 3 is 2.58 bits per heavy atom. The zero-order valence-electron chi connectivity index (χ0n) is 18.4. The molecule has 7 heteroatoms. The van der Waals surface area contributed by atoms with Crippen molar-refractivity contribution in [3.63, 3.8) is 0 Å². The third-order valence-electron chi connectivity index (χ3n) is 6.34. The number of rotatable bonds is 3. The normalized spacial score (nSPS) is 16.3. The number of nitrogens with one attached hydrogen (secondary N) is 1. The van der Waals surface area contributed by atoms with Gasteiger partial charge in [0.2, 0.25) is 0 Å². The van der Waals surface area contributed by atoms with E-state index < -0.39 is 0 Å². The number of furan rings is 1. The zero-order chi connectivity index (χ0) is 22.9. The molecule has 3 aromatic rings. The van der Waals surface area contributed by atoms with Gasteiger partial charge < -0.3 is 9.32 Å². The number of hydrogen-bond donors (Lipinski definition) is 1. The van der Waals surface area contributed by atoms with E-state index in [9.17, 15) is 9.59 Å². The Morgan fingerprint density at radius 2 is 1.79 bits per heavy atom. The van der Waals surface area contributed by atoms with E-state index in [1.165, 1.54) is 11.1 Å². The second-order valence-electron chi connectivity index (χ2n) is 8.46. The molecule has 6 nitrogen and oxygen atoms in total. The summed E-state index contributed by atoms with van der Waals surface area (Å²) >= 11 is 3.37. The summed E-state index contributed by atoms with van der Waals surface area (Å²) in [6.45, 7) is 3.17. The minimum atomic E-state index is -0.272. The van der Waals surface area contributed by atoms with Crippen LogP contribution in [0.1, 0.15) is 61.8 Å². The summed E-state index contributed by atoms with van der Waals surface area (Å²) in [6, 6.07) is 15.4. The zero-order valence-corrected chi connectivity index (χ0v) is 19.9. The van der Waals surface area contributed by atoms with Crippen molar-refractivity contribution in [3.05, 3.63) is 92.3 Å². The van der Waals surface area contributed by atoms with Crippen LogP contribution >= 0.6 is 15.9 Å². The number of halogens is 1. The first-order valence-electron chi connectivity index (χ1n) is 11.1. The Hall–Kier alpha value is -3.19. The fraction of sp³-hybridized carbons (Fsp3) is 0.269. The molecule has 1 aliphatic carbocycles. The van der Waals surface area contributed by atoms with Gasteiger partial charge in [-0.3, -0.25) is 9.59 Å². The first-order chi connectivity index (χ1) is 16.0. The standard InChI is InChI=1S/C26H24BrN3O3/c1-16-23-21(28-29-25(31)18-9-11-20(27)12-10-18)7-4-8-22(23)33-24(16)26(32)30-14-13-17-5-2-3-6-19(17)15-30/h2-3,5-6,9-12H,4,7-8,13-15H2,1H3,(H,29,31)/b28-21+. The maximum absolute atomic E-state index is 13.4. The molecule has 1 N–H and O–H groups in total. The fourth-order valence-electron chi connectivity index (χ4n) is 4.58. The highest BCUT2D eigenvalue weighted by Crippen LogP contribution is 2.31. The monoisotopic (exact) mass is 505 g/mol. The van der Waals surface area contributed by atoms with Crippen molar-refractivity contribution in [2.75, 3.05) is 6.54 Å². The summed E-state index contributed by atoms with van der Waals surface area (Å²) < 4.78 is 6.99. The van der Waals surface area contributed by atoms with E-state index in [1.54, 1.807) is 12.1 Å². The molecule has 2 amide bonds.